The van der Waals surface area contributed by atoms with Gasteiger partial charge in [0.15, 0.2) is 6.29 Å². The van der Waals surface area contributed by atoms with Gasteiger partial charge in [0, 0.05) is 33.2 Å². The van der Waals surface area contributed by atoms with Gasteiger partial charge >= 0.3 is 6.03 Å². The maximum absolute atomic E-state index is 11.6. The number of urea groups is 1. The van der Waals surface area contributed by atoms with E-state index in [1.54, 1.807) is 4.68 Å². The summed E-state index contributed by atoms with van der Waals surface area (Å²) in [6, 6.07) is 0.192. The first kappa shape index (κ1) is 12.0. The van der Waals surface area contributed by atoms with Crippen LogP contribution in [0.1, 0.15) is 16.1 Å². The molecule has 2 aliphatic heterocycles. The molecule has 1 aromatic rings. The van der Waals surface area contributed by atoms with Crippen LogP contribution >= 0.6 is 0 Å². The summed E-state index contributed by atoms with van der Waals surface area (Å²) in [7, 11) is 1.85. The van der Waals surface area contributed by atoms with E-state index in [2.05, 4.69) is 15.3 Å². The number of piperazine rings is 1. The van der Waals surface area contributed by atoms with Crippen LogP contribution in [0.4, 0.5) is 10.6 Å². The largest absolute Gasteiger partial charge is 0.352 e. The molecule has 0 aliphatic carbocycles. The Labute approximate surface area is 111 Å². The lowest BCUT2D eigenvalue weighted by molar-refractivity contribution is 0.112. The number of hydrogen-bond acceptors (Lipinski definition) is 4. The minimum atomic E-state index is 0.0152. The van der Waals surface area contributed by atoms with Gasteiger partial charge in [-0.25, -0.2) is 4.79 Å². The van der Waals surface area contributed by atoms with E-state index in [0.717, 1.165) is 30.9 Å². The molecule has 1 unspecified atom stereocenters. The summed E-state index contributed by atoms with van der Waals surface area (Å²) in [5.74, 6) is 0.853. The maximum Gasteiger partial charge on any atom is 0.317 e. The number of rotatable bonds is 2. The van der Waals surface area contributed by atoms with Gasteiger partial charge in [-0.1, -0.05) is 0 Å². The summed E-state index contributed by atoms with van der Waals surface area (Å²) >= 11 is 0. The number of nitrogens with one attached hydrogen (secondary N) is 1. The van der Waals surface area contributed by atoms with Crippen molar-refractivity contribution in [2.75, 3.05) is 31.1 Å². The van der Waals surface area contributed by atoms with Crippen molar-refractivity contribution >= 4 is 18.1 Å². The van der Waals surface area contributed by atoms with Gasteiger partial charge in [-0.05, 0) is 6.92 Å². The second kappa shape index (κ2) is 4.25. The third-order valence-electron chi connectivity index (χ3n) is 3.89. The van der Waals surface area contributed by atoms with E-state index in [1.165, 1.54) is 0 Å². The zero-order valence-electron chi connectivity index (χ0n) is 11.1. The number of aldehydes is 1. The fourth-order valence-corrected chi connectivity index (χ4v) is 2.97. The lowest BCUT2D eigenvalue weighted by atomic mass is 10.1. The van der Waals surface area contributed by atoms with Crippen LogP contribution in [-0.2, 0) is 7.05 Å². The van der Waals surface area contributed by atoms with Crippen LogP contribution in [0.5, 0.6) is 0 Å². The number of amides is 2. The Morgan fingerprint density at radius 1 is 1.42 bits per heavy atom. The Kier molecular flexibility index (Phi) is 2.69. The van der Waals surface area contributed by atoms with E-state index < -0.39 is 0 Å². The van der Waals surface area contributed by atoms with Crippen molar-refractivity contribution in [3.8, 4) is 0 Å². The van der Waals surface area contributed by atoms with Crippen LogP contribution < -0.4 is 10.2 Å². The second-order valence-electron chi connectivity index (χ2n) is 5.04. The minimum Gasteiger partial charge on any atom is -0.352 e. The quantitative estimate of drug-likeness (QED) is 0.747. The molecule has 3 rings (SSSR count). The van der Waals surface area contributed by atoms with Gasteiger partial charge in [0.05, 0.1) is 17.3 Å². The molecule has 102 valence electrons. The molecule has 2 fully saturated rings. The molecule has 1 aromatic heterocycles. The lowest BCUT2D eigenvalue weighted by Crippen LogP contribution is -2.52. The van der Waals surface area contributed by atoms with Crippen molar-refractivity contribution in [2.24, 2.45) is 7.05 Å². The number of carbonyl (C=O) groups is 2. The van der Waals surface area contributed by atoms with Crippen molar-refractivity contribution in [1.29, 1.82) is 0 Å². The van der Waals surface area contributed by atoms with Crippen LogP contribution in [-0.4, -0.2) is 59.2 Å². The molecule has 7 heteroatoms. The SMILES string of the molecule is Cc1nn(C)c(N2CCN3C(=O)NCC3C2)c1C=O. The molecule has 0 aromatic carbocycles. The summed E-state index contributed by atoms with van der Waals surface area (Å²) in [4.78, 5) is 26.8. The monoisotopic (exact) mass is 263 g/mol. The molecular formula is C12H17N5O2. The number of aryl methyl sites for hydroxylation is 2. The molecule has 19 heavy (non-hydrogen) atoms. The van der Waals surface area contributed by atoms with Gasteiger partial charge in [0.25, 0.3) is 0 Å². The molecule has 2 aliphatic rings. The molecule has 7 nitrogen and oxygen atoms in total. The van der Waals surface area contributed by atoms with Crippen LogP contribution in [0.2, 0.25) is 0 Å². The summed E-state index contributed by atoms with van der Waals surface area (Å²) in [6.07, 6.45) is 0.863. The van der Waals surface area contributed by atoms with E-state index in [0.29, 0.717) is 18.7 Å². The first-order chi connectivity index (χ1) is 9.11. The molecular weight excluding hydrogens is 246 g/mol. The van der Waals surface area contributed by atoms with Gasteiger partial charge in [-0.2, -0.15) is 5.10 Å². The van der Waals surface area contributed by atoms with Crippen molar-refractivity contribution in [3.63, 3.8) is 0 Å². The third kappa shape index (κ3) is 1.76. The Morgan fingerprint density at radius 3 is 2.95 bits per heavy atom. The van der Waals surface area contributed by atoms with E-state index in [9.17, 15) is 9.59 Å². The van der Waals surface area contributed by atoms with E-state index in [4.69, 9.17) is 0 Å². The second-order valence-corrected chi connectivity index (χ2v) is 5.04. The first-order valence-electron chi connectivity index (χ1n) is 6.40. The molecule has 0 spiro atoms. The maximum atomic E-state index is 11.6. The number of hydrogen-bond donors (Lipinski definition) is 1. The van der Waals surface area contributed by atoms with Gasteiger partial charge < -0.3 is 15.1 Å². The summed E-state index contributed by atoms with van der Waals surface area (Å²) in [5.41, 5.74) is 1.39. The number of fused-ring (bicyclic) bond motifs is 1. The molecule has 2 saturated heterocycles. The number of aromatic nitrogens is 2. The Bertz CT molecular complexity index is 538. The standard InChI is InChI=1S/C12H17N5O2/c1-8-10(7-18)11(15(2)14-8)16-3-4-17-9(6-16)5-13-12(17)19/h7,9H,3-6H2,1-2H3,(H,13,19). The average Bonchev–Trinajstić information content (AvgIpc) is 2.89. The highest BCUT2D eigenvalue weighted by Crippen LogP contribution is 2.25. The Balaban J connectivity index is 1.88. The fraction of sp³-hybridized carbons (Fsp3) is 0.583. The molecule has 0 saturated carbocycles. The molecule has 3 heterocycles. The Hall–Kier alpha value is -2.05. The van der Waals surface area contributed by atoms with Gasteiger partial charge in [-0.15, -0.1) is 0 Å². The van der Waals surface area contributed by atoms with E-state index >= 15 is 0 Å². The summed E-state index contributed by atoms with van der Waals surface area (Å²) < 4.78 is 1.75. The predicted octanol–water partition coefficient (Wildman–Crippen LogP) is -0.245. The van der Waals surface area contributed by atoms with Crippen molar-refractivity contribution in [2.45, 2.75) is 13.0 Å². The smallest absolute Gasteiger partial charge is 0.317 e. The lowest BCUT2D eigenvalue weighted by Gasteiger charge is -2.37. The van der Waals surface area contributed by atoms with Crippen molar-refractivity contribution in [3.05, 3.63) is 11.3 Å². The van der Waals surface area contributed by atoms with Crippen LogP contribution in [0.15, 0.2) is 0 Å². The zero-order chi connectivity index (χ0) is 13.6. The van der Waals surface area contributed by atoms with Gasteiger partial charge in [-0.3, -0.25) is 9.48 Å². The van der Waals surface area contributed by atoms with E-state index in [-0.39, 0.29) is 12.1 Å². The highest BCUT2D eigenvalue weighted by molar-refractivity contribution is 5.85. The van der Waals surface area contributed by atoms with Crippen molar-refractivity contribution < 1.29 is 9.59 Å². The predicted molar refractivity (Wildman–Crippen MR) is 69.4 cm³/mol. The van der Waals surface area contributed by atoms with Crippen LogP contribution in [0, 0.1) is 6.92 Å². The van der Waals surface area contributed by atoms with E-state index in [1.807, 2.05) is 18.9 Å². The molecule has 2 amide bonds. The topological polar surface area (TPSA) is 70.5 Å². The summed E-state index contributed by atoms with van der Waals surface area (Å²) in [6.45, 7) is 4.65. The molecule has 1 N–H and O–H groups in total. The minimum absolute atomic E-state index is 0.0152. The highest BCUT2D eigenvalue weighted by Gasteiger charge is 2.36. The van der Waals surface area contributed by atoms with Gasteiger partial charge in [0.1, 0.15) is 5.82 Å². The number of anilines is 1. The normalized spacial score (nSPS) is 22.4. The summed E-state index contributed by atoms with van der Waals surface area (Å²) in [5, 5.41) is 7.16. The highest BCUT2D eigenvalue weighted by atomic mass is 16.2. The van der Waals surface area contributed by atoms with Crippen LogP contribution in [0.3, 0.4) is 0 Å². The third-order valence-corrected chi connectivity index (χ3v) is 3.89. The van der Waals surface area contributed by atoms with Crippen molar-refractivity contribution in [1.82, 2.24) is 20.0 Å². The number of carbonyl (C=O) groups excluding carboxylic acids is 2. The Morgan fingerprint density at radius 2 is 2.21 bits per heavy atom. The average molecular weight is 263 g/mol. The van der Waals surface area contributed by atoms with Crippen LogP contribution in [0.25, 0.3) is 0 Å². The zero-order valence-corrected chi connectivity index (χ0v) is 11.1. The molecule has 0 bridgehead atoms. The van der Waals surface area contributed by atoms with Gasteiger partial charge in [0.2, 0.25) is 0 Å². The number of nitrogens with zero attached hydrogens (tertiary/aromatic N) is 4. The molecule has 0 radical (unpaired) electrons. The fourth-order valence-electron chi connectivity index (χ4n) is 2.97. The first-order valence-corrected chi connectivity index (χ1v) is 6.40. The molecule has 1 atom stereocenters.